The number of H-pyrrole nitrogens is 1. The van der Waals surface area contributed by atoms with Crippen molar-refractivity contribution in [3.8, 4) is 11.1 Å². The second-order valence-corrected chi connectivity index (χ2v) is 8.21. The molecular weight excluding hydrogens is 456 g/mol. The molecule has 0 saturated carbocycles. The van der Waals surface area contributed by atoms with Crippen LogP contribution in [-0.2, 0) is 6.18 Å². The van der Waals surface area contributed by atoms with Gasteiger partial charge in [0.05, 0.1) is 11.3 Å². The highest BCUT2D eigenvalue weighted by atomic mass is 19.4. The number of benzene rings is 1. The van der Waals surface area contributed by atoms with Gasteiger partial charge in [-0.3, -0.25) is 4.98 Å². The van der Waals surface area contributed by atoms with Crippen LogP contribution in [0.15, 0.2) is 79.5 Å². The van der Waals surface area contributed by atoms with Gasteiger partial charge in [0.2, 0.25) is 0 Å². The van der Waals surface area contributed by atoms with Gasteiger partial charge in [0.1, 0.15) is 11.5 Å². The molecule has 4 rings (SSSR count). The zero-order valence-electron chi connectivity index (χ0n) is 19.9. The minimum absolute atomic E-state index is 0.392. The summed E-state index contributed by atoms with van der Waals surface area (Å²) in [6, 6.07) is 11.2. The minimum atomic E-state index is -4.60. The Morgan fingerprint density at radius 3 is 2.43 bits per heavy atom. The monoisotopic (exact) mass is 482 g/mol. The maximum absolute atomic E-state index is 12.5. The fourth-order valence-electron chi connectivity index (χ4n) is 3.25. The number of allylic oxidation sites excluding steroid dienone is 2. The zero-order chi connectivity index (χ0) is 25.8. The van der Waals surface area contributed by atoms with Crippen molar-refractivity contribution < 1.29 is 17.6 Å². The fourth-order valence-corrected chi connectivity index (χ4v) is 3.25. The Morgan fingerprint density at radius 2 is 1.77 bits per heavy atom. The Balaban J connectivity index is 0.000000241. The largest absolute Gasteiger partial charge is 0.419 e. The number of aromatic nitrogens is 3. The van der Waals surface area contributed by atoms with E-state index in [0.717, 1.165) is 51.3 Å². The summed E-state index contributed by atoms with van der Waals surface area (Å²) in [6.45, 7) is 9.45. The molecule has 0 atom stereocenters. The van der Waals surface area contributed by atoms with Crippen LogP contribution in [0.2, 0.25) is 0 Å². The van der Waals surface area contributed by atoms with Gasteiger partial charge in [-0.15, -0.1) is 0 Å². The lowest BCUT2D eigenvalue weighted by Gasteiger charge is -2.15. The molecule has 0 aliphatic heterocycles. The van der Waals surface area contributed by atoms with Crippen molar-refractivity contribution in [2.75, 3.05) is 7.05 Å². The van der Waals surface area contributed by atoms with E-state index in [2.05, 4.69) is 40.6 Å². The number of aryl methyl sites for hydroxylation is 1. The number of nitrogens with one attached hydrogen (secondary N) is 1. The average molecular weight is 483 g/mol. The Labute approximate surface area is 201 Å². The van der Waals surface area contributed by atoms with Gasteiger partial charge in [0.25, 0.3) is 0 Å². The molecule has 1 N–H and O–H groups in total. The molecule has 8 heteroatoms. The number of hydrogen-bond donors (Lipinski definition) is 1. The van der Waals surface area contributed by atoms with E-state index >= 15 is 0 Å². The van der Waals surface area contributed by atoms with E-state index in [1.165, 1.54) is 13.0 Å². The number of rotatable bonds is 4. The molecule has 0 bridgehead atoms. The third-order valence-electron chi connectivity index (χ3n) is 5.31. The van der Waals surface area contributed by atoms with Crippen molar-refractivity contribution in [3.63, 3.8) is 0 Å². The molecule has 0 saturated heterocycles. The summed E-state index contributed by atoms with van der Waals surface area (Å²) in [7, 11) is 1.99. The first-order valence-corrected chi connectivity index (χ1v) is 10.8. The Hall–Kier alpha value is -3.94. The first-order valence-electron chi connectivity index (χ1n) is 10.8. The molecule has 4 nitrogen and oxygen atoms in total. The number of aromatic amines is 1. The Bertz CT molecular complexity index is 1370. The summed E-state index contributed by atoms with van der Waals surface area (Å²) in [5.41, 5.74) is 5.31. The van der Waals surface area contributed by atoms with E-state index in [1.807, 2.05) is 55.8 Å². The maximum atomic E-state index is 12.5. The maximum Gasteiger partial charge on any atom is 0.419 e. The van der Waals surface area contributed by atoms with E-state index in [9.17, 15) is 17.6 Å². The van der Waals surface area contributed by atoms with Crippen molar-refractivity contribution >= 4 is 16.6 Å². The lowest BCUT2D eigenvalue weighted by Crippen LogP contribution is -2.08. The van der Waals surface area contributed by atoms with Crippen molar-refractivity contribution in [1.29, 1.82) is 0 Å². The van der Waals surface area contributed by atoms with E-state index < -0.39 is 17.6 Å². The average Bonchev–Trinajstić information content (AvgIpc) is 3.28. The van der Waals surface area contributed by atoms with Gasteiger partial charge in [0, 0.05) is 48.5 Å². The molecule has 3 heterocycles. The number of halogens is 4. The van der Waals surface area contributed by atoms with E-state index in [4.69, 9.17) is 0 Å². The molecule has 0 radical (unpaired) electrons. The molecule has 0 spiro atoms. The van der Waals surface area contributed by atoms with Crippen LogP contribution in [0, 0.1) is 12.7 Å². The normalized spacial score (nSPS) is 11.7. The van der Waals surface area contributed by atoms with E-state index in [1.54, 1.807) is 0 Å². The number of fused-ring (bicyclic) bond motifs is 1. The summed E-state index contributed by atoms with van der Waals surface area (Å²) in [5.74, 6) is -1.23. The third-order valence-corrected chi connectivity index (χ3v) is 5.31. The van der Waals surface area contributed by atoms with Gasteiger partial charge in [-0.05, 0) is 68.3 Å². The molecule has 3 aromatic heterocycles. The van der Waals surface area contributed by atoms with Crippen LogP contribution in [-0.4, -0.2) is 26.9 Å². The predicted octanol–water partition coefficient (Wildman–Crippen LogP) is 7.60. The minimum Gasteiger partial charge on any atom is -0.355 e. The van der Waals surface area contributed by atoms with Crippen LogP contribution >= 0.6 is 0 Å². The summed E-state index contributed by atoms with van der Waals surface area (Å²) in [6.07, 6.45) is 3.07. The van der Waals surface area contributed by atoms with Gasteiger partial charge >= 0.3 is 6.18 Å². The summed E-state index contributed by atoms with van der Waals surface area (Å²) in [5, 5.41) is 1.11. The smallest absolute Gasteiger partial charge is 0.355 e. The predicted molar refractivity (Wildman–Crippen MR) is 132 cm³/mol. The number of alkyl halides is 3. The van der Waals surface area contributed by atoms with Crippen LogP contribution in [0.3, 0.4) is 0 Å². The quantitative estimate of drug-likeness (QED) is 0.305. The SMILES string of the molecule is C=C(C)N(C)/C=C(\C)c1cc(-c2cnc3[nH]ccc3c2)ccn1.Cc1ccc(F)c(C(F)(F)F)c1. The van der Waals surface area contributed by atoms with Crippen LogP contribution < -0.4 is 0 Å². The molecule has 0 aliphatic rings. The Kier molecular flexibility index (Phi) is 7.74. The van der Waals surface area contributed by atoms with Crippen LogP contribution in [0.25, 0.3) is 27.7 Å². The van der Waals surface area contributed by atoms with Crippen molar-refractivity contribution in [2.24, 2.45) is 0 Å². The number of pyridine rings is 2. The first kappa shape index (κ1) is 25.7. The van der Waals surface area contributed by atoms with Crippen molar-refractivity contribution in [1.82, 2.24) is 19.9 Å². The van der Waals surface area contributed by atoms with Crippen LogP contribution in [0.5, 0.6) is 0 Å². The van der Waals surface area contributed by atoms with Gasteiger partial charge in [-0.2, -0.15) is 13.2 Å². The molecule has 4 aromatic rings. The van der Waals surface area contributed by atoms with Crippen LogP contribution in [0.1, 0.15) is 30.7 Å². The molecule has 0 amide bonds. The highest BCUT2D eigenvalue weighted by molar-refractivity contribution is 5.81. The van der Waals surface area contributed by atoms with E-state index in [-0.39, 0.29) is 0 Å². The molecule has 0 unspecified atom stereocenters. The van der Waals surface area contributed by atoms with Gasteiger partial charge in [-0.1, -0.05) is 18.2 Å². The highest BCUT2D eigenvalue weighted by Crippen LogP contribution is 2.31. The standard InChI is InChI=1S/C19H20N4.C8H6F4/c1-13(2)23(4)12-14(3)18-10-15(5-7-20-18)17-9-16-6-8-21-19(16)22-11-17;1-5-2-3-7(9)6(4-5)8(10,11)12/h5-12H,1H2,2-4H3,(H,21,22);2-4H,1H3/b14-12+;. The summed E-state index contributed by atoms with van der Waals surface area (Å²) in [4.78, 5) is 14.0. The molecule has 35 heavy (non-hydrogen) atoms. The molecule has 1 aromatic carbocycles. The third kappa shape index (κ3) is 6.56. The second kappa shape index (κ2) is 10.5. The van der Waals surface area contributed by atoms with Crippen molar-refractivity contribution in [3.05, 3.63) is 102 Å². The molecule has 0 aliphatic carbocycles. The molecular formula is C27H26F4N4. The Morgan fingerprint density at radius 1 is 1.03 bits per heavy atom. The van der Waals surface area contributed by atoms with Gasteiger partial charge in [0.15, 0.2) is 0 Å². The van der Waals surface area contributed by atoms with Gasteiger partial charge < -0.3 is 9.88 Å². The number of nitrogens with zero attached hydrogens (tertiary/aromatic N) is 3. The number of hydrogen-bond acceptors (Lipinski definition) is 3. The fraction of sp³-hybridized carbons (Fsp3) is 0.185. The zero-order valence-corrected chi connectivity index (χ0v) is 19.9. The second-order valence-electron chi connectivity index (χ2n) is 8.21. The van der Waals surface area contributed by atoms with E-state index in [0.29, 0.717) is 5.56 Å². The van der Waals surface area contributed by atoms with Gasteiger partial charge in [-0.25, -0.2) is 9.37 Å². The van der Waals surface area contributed by atoms with Crippen molar-refractivity contribution in [2.45, 2.75) is 26.9 Å². The first-order chi connectivity index (χ1) is 16.5. The highest BCUT2D eigenvalue weighted by Gasteiger charge is 2.33. The van der Waals surface area contributed by atoms with Crippen LogP contribution in [0.4, 0.5) is 17.6 Å². The molecule has 0 fully saturated rings. The lowest BCUT2D eigenvalue weighted by atomic mass is 10.1. The topological polar surface area (TPSA) is 44.8 Å². The molecule has 182 valence electrons. The summed E-state index contributed by atoms with van der Waals surface area (Å²) < 4.78 is 48.5. The lowest BCUT2D eigenvalue weighted by molar-refractivity contribution is -0.140. The summed E-state index contributed by atoms with van der Waals surface area (Å²) >= 11 is 0.